The van der Waals surface area contributed by atoms with E-state index in [1.807, 2.05) is 127 Å². The maximum Gasteiger partial charge on any atom is 0.253 e. The summed E-state index contributed by atoms with van der Waals surface area (Å²) in [6.45, 7) is 1.65. The summed E-state index contributed by atoms with van der Waals surface area (Å²) in [4.78, 5) is 18.9. The Labute approximate surface area is 268 Å². The van der Waals surface area contributed by atoms with Crippen molar-refractivity contribution in [2.24, 2.45) is 0 Å². The maximum atomic E-state index is 14.1. The van der Waals surface area contributed by atoms with E-state index in [1.165, 1.54) is 0 Å². The SMILES string of the molecule is COc1ccc(C(OC[C@H](NC(=O)c2c3ccccc3nc3ccccc23)[C@@H](C)O)(c2ccccc2)c2ccc(OC)cc2)cc1. The number of benzene rings is 5. The van der Waals surface area contributed by atoms with Gasteiger partial charge < -0.3 is 24.6 Å². The minimum Gasteiger partial charge on any atom is -0.497 e. The molecule has 46 heavy (non-hydrogen) atoms. The van der Waals surface area contributed by atoms with Crippen LogP contribution in [0.4, 0.5) is 0 Å². The second kappa shape index (κ2) is 13.4. The highest BCUT2D eigenvalue weighted by molar-refractivity contribution is 6.16. The predicted octanol–water partition coefficient (Wildman–Crippen LogP) is 6.89. The molecule has 6 rings (SSSR count). The van der Waals surface area contributed by atoms with Crippen LogP contribution in [0.5, 0.6) is 11.5 Å². The molecule has 0 fully saturated rings. The van der Waals surface area contributed by atoms with Crippen molar-refractivity contribution in [3.05, 3.63) is 150 Å². The number of carbonyl (C=O) groups excluding carboxylic acids is 1. The van der Waals surface area contributed by atoms with Crippen LogP contribution in [0.2, 0.25) is 0 Å². The highest BCUT2D eigenvalue weighted by Gasteiger charge is 2.39. The lowest BCUT2D eigenvalue weighted by molar-refractivity contribution is -0.0197. The van der Waals surface area contributed by atoms with Gasteiger partial charge in [-0.1, -0.05) is 91.0 Å². The molecule has 1 amide bonds. The molecule has 0 radical (unpaired) electrons. The zero-order chi connectivity index (χ0) is 32.1. The van der Waals surface area contributed by atoms with E-state index in [9.17, 15) is 9.90 Å². The van der Waals surface area contributed by atoms with Gasteiger partial charge in [0.05, 0.1) is 49.6 Å². The predicted molar refractivity (Wildman–Crippen MR) is 180 cm³/mol. The summed E-state index contributed by atoms with van der Waals surface area (Å²) in [5.74, 6) is 1.11. The number of para-hydroxylation sites is 2. The molecule has 6 aromatic rings. The molecule has 5 aromatic carbocycles. The summed E-state index contributed by atoms with van der Waals surface area (Å²) < 4.78 is 17.9. The van der Waals surface area contributed by atoms with Crippen molar-refractivity contribution in [2.75, 3.05) is 20.8 Å². The second-order valence-corrected chi connectivity index (χ2v) is 11.2. The molecule has 2 atom stereocenters. The molecule has 0 unspecified atom stereocenters. The summed E-state index contributed by atoms with van der Waals surface area (Å²) in [5, 5.41) is 15.6. The first-order valence-corrected chi connectivity index (χ1v) is 15.2. The van der Waals surface area contributed by atoms with Crippen LogP contribution in [0.25, 0.3) is 21.8 Å². The van der Waals surface area contributed by atoms with Gasteiger partial charge in [0.2, 0.25) is 0 Å². The van der Waals surface area contributed by atoms with E-state index in [1.54, 1.807) is 21.1 Å². The average Bonchev–Trinajstić information content (AvgIpc) is 3.11. The number of fused-ring (bicyclic) bond motifs is 2. The standard InChI is InChI=1S/C39H36N2O5/c1-26(42)36(41-38(43)37-32-13-7-9-15-34(32)40-35-16-10-8-14-33(35)37)25-46-39(27-11-5-4-6-12-27,28-17-21-30(44-2)22-18-28)29-19-23-31(45-3)24-20-29/h4-24,26,36,42H,25H2,1-3H3,(H,41,43)/t26-,36+/m1/s1. The van der Waals surface area contributed by atoms with Gasteiger partial charge in [0.15, 0.2) is 0 Å². The molecule has 2 N–H and O–H groups in total. The Morgan fingerprint density at radius 2 is 1.15 bits per heavy atom. The molecule has 0 saturated carbocycles. The first-order chi connectivity index (χ1) is 22.4. The Hall–Kier alpha value is -5.24. The summed E-state index contributed by atoms with van der Waals surface area (Å²) in [5.41, 5.74) is 3.43. The van der Waals surface area contributed by atoms with E-state index in [0.29, 0.717) is 17.1 Å². The highest BCUT2D eigenvalue weighted by Crippen LogP contribution is 2.42. The molecule has 7 heteroatoms. The molecule has 0 saturated heterocycles. The number of nitrogens with one attached hydrogen (secondary N) is 1. The second-order valence-electron chi connectivity index (χ2n) is 11.2. The maximum absolute atomic E-state index is 14.1. The molecule has 0 aliphatic heterocycles. The Bertz CT molecular complexity index is 1840. The summed E-state index contributed by atoms with van der Waals surface area (Å²) in [7, 11) is 3.26. The van der Waals surface area contributed by atoms with Crippen molar-refractivity contribution in [1.82, 2.24) is 10.3 Å². The summed E-state index contributed by atoms with van der Waals surface area (Å²) in [6, 6.07) is 39.8. The Morgan fingerprint density at radius 3 is 1.63 bits per heavy atom. The van der Waals surface area contributed by atoms with Gasteiger partial charge >= 0.3 is 0 Å². The van der Waals surface area contributed by atoms with Gasteiger partial charge in [-0.15, -0.1) is 0 Å². The Kier molecular flexibility index (Phi) is 8.97. The first-order valence-electron chi connectivity index (χ1n) is 15.2. The van der Waals surface area contributed by atoms with Crippen LogP contribution >= 0.6 is 0 Å². The number of aliphatic hydroxyl groups is 1. The van der Waals surface area contributed by atoms with Crippen LogP contribution in [-0.2, 0) is 10.3 Å². The van der Waals surface area contributed by atoms with Crippen LogP contribution in [-0.4, -0.2) is 49.0 Å². The van der Waals surface area contributed by atoms with E-state index < -0.39 is 17.7 Å². The van der Waals surface area contributed by atoms with Gasteiger partial charge in [-0.3, -0.25) is 4.79 Å². The van der Waals surface area contributed by atoms with Crippen molar-refractivity contribution in [1.29, 1.82) is 0 Å². The molecule has 7 nitrogen and oxygen atoms in total. The van der Waals surface area contributed by atoms with Crippen LogP contribution in [0.1, 0.15) is 34.0 Å². The summed E-state index contributed by atoms with van der Waals surface area (Å²) >= 11 is 0. The van der Waals surface area contributed by atoms with Gasteiger partial charge in [-0.2, -0.15) is 0 Å². The fourth-order valence-electron chi connectivity index (χ4n) is 5.92. The number of aliphatic hydroxyl groups excluding tert-OH is 1. The molecular weight excluding hydrogens is 576 g/mol. The quantitative estimate of drug-likeness (QED) is 0.122. The number of amides is 1. The van der Waals surface area contributed by atoms with E-state index in [4.69, 9.17) is 19.2 Å². The number of ether oxygens (including phenoxy) is 3. The van der Waals surface area contributed by atoms with E-state index >= 15 is 0 Å². The average molecular weight is 613 g/mol. The molecule has 0 aliphatic rings. The van der Waals surface area contributed by atoms with Crippen molar-refractivity contribution >= 4 is 27.7 Å². The Balaban J connectivity index is 1.42. The molecule has 0 spiro atoms. The lowest BCUT2D eigenvalue weighted by atomic mass is 9.80. The third kappa shape index (κ3) is 5.90. The minimum atomic E-state index is -1.10. The molecule has 1 aromatic heterocycles. The van der Waals surface area contributed by atoms with Crippen molar-refractivity contribution in [3.8, 4) is 11.5 Å². The van der Waals surface area contributed by atoms with Gasteiger partial charge in [0.25, 0.3) is 5.91 Å². The van der Waals surface area contributed by atoms with Gasteiger partial charge in [-0.25, -0.2) is 4.98 Å². The van der Waals surface area contributed by atoms with Gasteiger partial charge in [0, 0.05) is 10.8 Å². The highest BCUT2D eigenvalue weighted by atomic mass is 16.5. The number of hydrogen-bond donors (Lipinski definition) is 2. The minimum absolute atomic E-state index is 0.00267. The van der Waals surface area contributed by atoms with Crippen molar-refractivity contribution in [3.63, 3.8) is 0 Å². The number of carbonyl (C=O) groups is 1. The lowest BCUT2D eigenvalue weighted by Crippen LogP contribution is -2.47. The molecule has 0 bridgehead atoms. The van der Waals surface area contributed by atoms with Crippen molar-refractivity contribution < 1.29 is 24.1 Å². The topological polar surface area (TPSA) is 89.9 Å². The van der Waals surface area contributed by atoms with Crippen LogP contribution < -0.4 is 14.8 Å². The van der Waals surface area contributed by atoms with Gasteiger partial charge in [0.1, 0.15) is 17.1 Å². The largest absolute Gasteiger partial charge is 0.497 e. The number of methoxy groups -OCH3 is 2. The summed E-state index contributed by atoms with van der Waals surface area (Å²) in [6.07, 6.45) is -0.927. The monoisotopic (exact) mass is 612 g/mol. The smallest absolute Gasteiger partial charge is 0.253 e. The van der Waals surface area contributed by atoms with Crippen LogP contribution in [0.15, 0.2) is 127 Å². The van der Waals surface area contributed by atoms with Gasteiger partial charge in [-0.05, 0) is 60.0 Å². The number of aromatic nitrogens is 1. The fraction of sp³-hybridized carbons (Fsp3) is 0.179. The van der Waals surface area contributed by atoms with Crippen molar-refractivity contribution in [2.45, 2.75) is 24.7 Å². The zero-order valence-electron chi connectivity index (χ0n) is 26.0. The number of pyridine rings is 1. The third-order valence-electron chi connectivity index (χ3n) is 8.37. The number of nitrogens with zero attached hydrogens (tertiary/aromatic N) is 1. The zero-order valence-corrected chi connectivity index (χ0v) is 26.0. The molecular formula is C39H36N2O5. The fourth-order valence-corrected chi connectivity index (χ4v) is 5.92. The number of hydrogen-bond acceptors (Lipinski definition) is 6. The first kappa shape index (κ1) is 30.8. The third-order valence-corrected chi connectivity index (χ3v) is 8.37. The molecule has 0 aliphatic carbocycles. The molecule has 1 heterocycles. The van der Waals surface area contributed by atoms with E-state index in [-0.39, 0.29) is 12.5 Å². The molecule has 232 valence electrons. The Morgan fingerprint density at radius 1 is 0.696 bits per heavy atom. The van der Waals surface area contributed by atoms with Crippen LogP contribution in [0.3, 0.4) is 0 Å². The number of rotatable bonds is 11. The van der Waals surface area contributed by atoms with E-state index in [0.717, 1.165) is 38.5 Å². The normalized spacial score (nSPS) is 12.9. The lowest BCUT2D eigenvalue weighted by Gasteiger charge is -2.37. The van der Waals surface area contributed by atoms with E-state index in [2.05, 4.69) is 5.32 Å². The van der Waals surface area contributed by atoms with Crippen LogP contribution in [0, 0.1) is 0 Å².